The van der Waals surface area contributed by atoms with Gasteiger partial charge < -0.3 is 5.11 Å². The number of rotatable bonds is 4. The molecule has 0 bridgehead atoms. The number of hydrogen-bond donors (Lipinski definition) is 3. The third kappa shape index (κ3) is 3.50. The van der Waals surface area contributed by atoms with Crippen LogP contribution in [0.5, 0.6) is 0 Å². The number of nitrogens with zero attached hydrogens (tertiary/aromatic N) is 1. The Hall–Kier alpha value is -0.420. The molecule has 0 radical (unpaired) electrons. The minimum atomic E-state index is -3.88. The number of sulfonamides is 1. The molecule has 0 atom stereocenters. The fourth-order valence-electron chi connectivity index (χ4n) is 1.76. The van der Waals surface area contributed by atoms with Gasteiger partial charge in [-0.2, -0.15) is 5.10 Å². The van der Waals surface area contributed by atoms with Gasteiger partial charge in [-0.25, -0.2) is 8.42 Å². The van der Waals surface area contributed by atoms with Crippen LogP contribution in [0.3, 0.4) is 0 Å². The molecule has 3 N–H and O–H groups in total. The first kappa shape index (κ1) is 16.9. The molecule has 0 unspecified atom stereocenters. The van der Waals surface area contributed by atoms with Gasteiger partial charge in [0.1, 0.15) is 10.6 Å². The Bertz CT molecular complexity index is 766. The maximum absolute atomic E-state index is 12.5. The number of aromatic nitrogens is 2. The third-order valence-electron chi connectivity index (χ3n) is 2.62. The van der Waals surface area contributed by atoms with Gasteiger partial charge in [0.25, 0.3) is 10.0 Å². The smallest absolute Gasteiger partial charge is 0.265 e. The van der Waals surface area contributed by atoms with Crippen molar-refractivity contribution in [3.63, 3.8) is 0 Å². The summed E-state index contributed by atoms with van der Waals surface area (Å²) in [6.07, 6.45) is 0. The van der Waals surface area contributed by atoms with Crippen molar-refractivity contribution in [3.8, 4) is 0 Å². The van der Waals surface area contributed by atoms with E-state index in [2.05, 4.69) is 62.7 Å². The predicted molar refractivity (Wildman–Crippen MR) is 89.6 cm³/mol. The van der Waals surface area contributed by atoms with Crippen LogP contribution in [0.25, 0.3) is 0 Å². The first-order chi connectivity index (χ1) is 9.76. The van der Waals surface area contributed by atoms with Crippen molar-refractivity contribution in [2.75, 3.05) is 4.72 Å². The van der Waals surface area contributed by atoms with Crippen LogP contribution in [0.15, 0.2) is 30.4 Å². The Kier molecular flexibility index (Phi) is 5.14. The number of halogens is 3. The maximum atomic E-state index is 12.5. The monoisotopic (exact) mass is 501 g/mol. The molecule has 1 aromatic heterocycles. The fraction of sp³-hybridized carbons (Fsp3) is 0.182. The number of aliphatic hydroxyl groups is 1. The van der Waals surface area contributed by atoms with E-state index in [0.29, 0.717) is 20.3 Å². The summed E-state index contributed by atoms with van der Waals surface area (Å²) in [6.45, 7) is 1.11. The van der Waals surface area contributed by atoms with Gasteiger partial charge in [-0.3, -0.25) is 9.82 Å². The second-order valence-corrected chi connectivity index (χ2v) is 8.38. The lowest BCUT2D eigenvalue weighted by Crippen LogP contribution is -2.16. The van der Waals surface area contributed by atoms with Gasteiger partial charge in [-0.15, -0.1) is 0 Å². The van der Waals surface area contributed by atoms with Crippen LogP contribution < -0.4 is 4.72 Å². The van der Waals surface area contributed by atoms with E-state index in [4.69, 9.17) is 0 Å². The lowest BCUT2D eigenvalue weighted by molar-refractivity contribution is 0.273. The number of anilines is 1. The minimum Gasteiger partial charge on any atom is -0.390 e. The summed E-state index contributed by atoms with van der Waals surface area (Å²) in [7, 11) is -3.88. The zero-order valence-corrected chi connectivity index (χ0v) is 16.2. The molecule has 2 rings (SSSR count). The van der Waals surface area contributed by atoms with Crippen LogP contribution in [0.1, 0.15) is 11.4 Å². The summed E-state index contributed by atoms with van der Waals surface area (Å²) in [5.74, 6) is 0. The van der Waals surface area contributed by atoms with Gasteiger partial charge in [0.2, 0.25) is 0 Å². The first-order valence-corrected chi connectivity index (χ1v) is 9.44. The highest BCUT2D eigenvalue weighted by Crippen LogP contribution is 2.36. The van der Waals surface area contributed by atoms with E-state index < -0.39 is 16.6 Å². The van der Waals surface area contributed by atoms with E-state index in [1.165, 1.54) is 0 Å². The largest absolute Gasteiger partial charge is 0.390 e. The molecule has 0 spiro atoms. The molecule has 0 aliphatic rings. The molecule has 21 heavy (non-hydrogen) atoms. The van der Waals surface area contributed by atoms with Crippen molar-refractivity contribution < 1.29 is 13.5 Å². The highest BCUT2D eigenvalue weighted by Gasteiger charge is 2.25. The second-order valence-electron chi connectivity index (χ2n) is 4.13. The molecule has 1 heterocycles. The van der Waals surface area contributed by atoms with Crippen molar-refractivity contribution >= 4 is 63.5 Å². The number of aryl methyl sites for hydroxylation is 1. The second kappa shape index (κ2) is 6.37. The third-order valence-corrected chi connectivity index (χ3v) is 5.88. The van der Waals surface area contributed by atoms with E-state index in [1.54, 1.807) is 19.1 Å². The Morgan fingerprint density at radius 3 is 2.38 bits per heavy atom. The van der Waals surface area contributed by atoms with Crippen LogP contribution in [-0.2, 0) is 16.6 Å². The van der Waals surface area contributed by atoms with Crippen molar-refractivity contribution in [1.82, 2.24) is 10.2 Å². The van der Waals surface area contributed by atoms with E-state index in [9.17, 15) is 13.5 Å². The highest BCUT2D eigenvalue weighted by atomic mass is 79.9. The Labute approximate surface area is 146 Å². The summed E-state index contributed by atoms with van der Waals surface area (Å²) in [5.41, 5.74) is 0.794. The predicted octanol–water partition coefficient (Wildman–Crippen LogP) is 3.30. The molecule has 1 aromatic carbocycles. The highest BCUT2D eigenvalue weighted by molar-refractivity contribution is 9.11. The lowest BCUT2D eigenvalue weighted by atomic mass is 10.3. The topological polar surface area (TPSA) is 95.1 Å². The minimum absolute atomic E-state index is 0.0493. The normalized spacial score (nSPS) is 11.7. The number of nitrogens with one attached hydrogen (secondary N) is 2. The molecule has 0 fully saturated rings. The van der Waals surface area contributed by atoms with Crippen molar-refractivity contribution in [2.45, 2.75) is 18.4 Å². The van der Waals surface area contributed by atoms with Crippen LogP contribution in [0.4, 0.5) is 5.69 Å². The van der Waals surface area contributed by atoms with Crippen LogP contribution in [-0.4, -0.2) is 23.7 Å². The summed E-state index contributed by atoms with van der Waals surface area (Å²) in [4.78, 5) is -0.0493. The molecular formula is C11H10Br3N3O3S. The van der Waals surface area contributed by atoms with E-state index in [1.807, 2.05) is 0 Å². The van der Waals surface area contributed by atoms with E-state index >= 15 is 0 Å². The van der Waals surface area contributed by atoms with Gasteiger partial charge >= 0.3 is 0 Å². The fourth-order valence-corrected chi connectivity index (χ4v) is 5.94. The van der Waals surface area contributed by atoms with Gasteiger partial charge in [0, 0.05) is 13.4 Å². The SMILES string of the molecule is Cc1[nH]nc(CO)c1S(=O)(=O)Nc1c(Br)cc(Br)cc1Br. The van der Waals surface area contributed by atoms with Crippen LogP contribution in [0.2, 0.25) is 0 Å². The average molecular weight is 504 g/mol. The quantitative estimate of drug-likeness (QED) is 0.596. The number of hydrogen-bond acceptors (Lipinski definition) is 4. The van der Waals surface area contributed by atoms with Crippen LogP contribution in [0, 0.1) is 6.92 Å². The first-order valence-electron chi connectivity index (χ1n) is 5.58. The maximum Gasteiger partial charge on any atom is 0.265 e. The molecule has 10 heteroatoms. The standard InChI is InChI=1S/C11H10Br3N3O3S/c1-5-11(9(4-18)16-15-5)21(19,20)17-10-7(13)2-6(12)3-8(10)14/h2-3,17-18H,4H2,1H3,(H,15,16). The molecule has 6 nitrogen and oxygen atoms in total. The summed E-state index contributed by atoms with van der Waals surface area (Å²) in [5, 5.41) is 15.5. The van der Waals surface area contributed by atoms with Crippen molar-refractivity contribution in [1.29, 1.82) is 0 Å². The lowest BCUT2D eigenvalue weighted by Gasteiger charge is -2.12. The molecule has 114 valence electrons. The van der Waals surface area contributed by atoms with Gasteiger partial charge in [0.15, 0.2) is 0 Å². The summed E-state index contributed by atoms with van der Waals surface area (Å²) >= 11 is 9.93. The zero-order chi connectivity index (χ0) is 15.8. The van der Waals surface area contributed by atoms with E-state index in [0.717, 1.165) is 4.47 Å². The molecule has 0 saturated heterocycles. The van der Waals surface area contributed by atoms with Gasteiger partial charge in [0.05, 0.1) is 18.0 Å². The zero-order valence-electron chi connectivity index (χ0n) is 10.6. The van der Waals surface area contributed by atoms with Crippen LogP contribution >= 0.6 is 47.8 Å². The molecule has 2 aromatic rings. The Morgan fingerprint density at radius 2 is 1.86 bits per heavy atom. The van der Waals surface area contributed by atoms with Crippen molar-refractivity contribution in [2.24, 2.45) is 0 Å². The Morgan fingerprint density at radius 1 is 1.29 bits per heavy atom. The van der Waals surface area contributed by atoms with Gasteiger partial charge in [-0.05, 0) is 50.9 Å². The molecular weight excluding hydrogens is 494 g/mol. The number of benzene rings is 1. The number of H-pyrrole nitrogens is 1. The average Bonchev–Trinajstić information content (AvgIpc) is 2.76. The molecule has 0 aliphatic heterocycles. The van der Waals surface area contributed by atoms with E-state index in [-0.39, 0.29) is 10.6 Å². The molecule has 0 aliphatic carbocycles. The number of aromatic amines is 1. The number of aliphatic hydroxyl groups excluding tert-OH is 1. The van der Waals surface area contributed by atoms with Crippen molar-refractivity contribution in [3.05, 3.63) is 36.9 Å². The van der Waals surface area contributed by atoms with Gasteiger partial charge in [-0.1, -0.05) is 15.9 Å². The Balaban J connectivity index is 2.50. The summed E-state index contributed by atoms with van der Waals surface area (Å²) < 4.78 is 29.4. The molecule has 0 saturated carbocycles. The summed E-state index contributed by atoms with van der Waals surface area (Å²) in [6, 6.07) is 3.44. The molecule has 0 amide bonds.